The summed E-state index contributed by atoms with van der Waals surface area (Å²) in [6, 6.07) is 8.74. The van der Waals surface area contributed by atoms with Crippen molar-refractivity contribution in [3.05, 3.63) is 97.4 Å². The number of hydrogen-bond donors (Lipinski definition) is 0. The number of carbonyl (C=O) groups is 4. The zero-order valence-corrected chi connectivity index (χ0v) is 28.1. The Morgan fingerprint density at radius 1 is 0.520 bits per heavy atom. The number of esters is 4. The van der Waals surface area contributed by atoms with Gasteiger partial charge in [0.25, 0.3) is 0 Å². The standard InChI is InChI=1S/C36H36N2O12/c1-21(17-43-5)33(39)47-27-10-11-28(30(14-27)49-35(41)23(3)19-45-7)26-15-37-32(38-16-26)25-9-12-29(48-34(40)22(2)18-44-6)31(13-25)50-36(42)24(4)20-46-8/h9-16H,1-4,17-20H2,5-8H3. The van der Waals surface area contributed by atoms with Gasteiger partial charge in [-0.15, -0.1) is 0 Å². The first-order chi connectivity index (χ1) is 23.9. The van der Waals surface area contributed by atoms with Gasteiger partial charge in [-0.25, -0.2) is 29.1 Å². The summed E-state index contributed by atoms with van der Waals surface area (Å²) in [5.74, 6) is -3.07. The molecular formula is C36H36N2O12. The summed E-state index contributed by atoms with van der Waals surface area (Å²) < 4.78 is 41.6. The van der Waals surface area contributed by atoms with Gasteiger partial charge in [0, 0.05) is 63.6 Å². The molecule has 0 amide bonds. The molecule has 0 atom stereocenters. The summed E-state index contributed by atoms with van der Waals surface area (Å²) in [5, 5.41) is 0. The molecule has 50 heavy (non-hydrogen) atoms. The maximum Gasteiger partial charge on any atom is 0.341 e. The molecule has 3 aromatic rings. The normalized spacial score (nSPS) is 10.5. The molecule has 0 unspecified atom stereocenters. The lowest BCUT2D eigenvalue weighted by Crippen LogP contribution is -2.17. The third kappa shape index (κ3) is 10.6. The van der Waals surface area contributed by atoms with Gasteiger partial charge in [0.15, 0.2) is 17.3 Å². The van der Waals surface area contributed by atoms with Gasteiger partial charge in [0.1, 0.15) is 11.5 Å². The number of aromatic nitrogens is 2. The van der Waals surface area contributed by atoms with Crippen LogP contribution in [0.25, 0.3) is 22.5 Å². The number of nitrogens with zero attached hydrogens (tertiary/aromatic N) is 2. The molecule has 262 valence electrons. The quantitative estimate of drug-likeness (QED) is 0.106. The van der Waals surface area contributed by atoms with Gasteiger partial charge >= 0.3 is 23.9 Å². The number of benzene rings is 2. The van der Waals surface area contributed by atoms with Crippen LogP contribution in [0.3, 0.4) is 0 Å². The van der Waals surface area contributed by atoms with E-state index < -0.39 is 23.9 Å². The third-order valence-corrected chi connectivity index (χ3v) is 6.37. The van der Waals surface area contributed by atoms with E-state index in [0.717, 1.165) is 0 Å². The van der Waals surface area contributed by atoms with Gasteiger partial charge in [-0.3, -0.25) is 0 Å². The molecule has 0 aliphatic heterocycles. The topological polar surface area (TPSA) is 168 Å². The van der Waals surface area contributed by atoms with Crippen molar-refractivity contribution in [3.8, 4) is 45.5 Å². The zero-order chi connectivity index (χ0) is 36.8. The van der Waals surface area contributed by atoms with E-state index in [1.165, 1.54) is 65.1 Å². The Hall–Kier alpha value is -5.80. The van der Waals surface area contributed by atoms with Crippen LogP contribution in [0.4, 0.5) is 0 Å². The van der Waals surface area contributed by atoms with Crippen molar-refractivity contribution in [3.63, 3.8) is 0 Å². The Morgan fingerprint density at radius 3 is 1.44 bits per heavy atom. The van der Waals surface area contributed by atoms with E-state index in [1.54, 1.807) is 12.1 Å². The average molecular weight is 689 g/mol. The Kier molecular flexibility index (Phi) is 14.4. The Balaban J connectivity index is 1.99. The lowest BCUT2D eigenvalue weighted by atomic mass is 10.1. The van der Waals surface area contributed by atoms with Crippen molar-refractivity contribution in [1.82, 2.24) is 9.97 Å². The largest absolute Gasteiger partial charge is 0.423 e. The fourth-order valence-corrected chi connectivity index (χ4v) is 3.94. The van der Waals surface area contributed by atoms with Gasteiger partial charge in [0.2, 0.25) is 0 Å². The van der Waals surface area contributed by atoms with E-state index in [1.807, 2.05) is 0 Å². The highest BCUT2D eigenvalue weighted by Crippen LogP contribution is 2.36. The molecule has 2 aromatic carbocycles. The second kappa shape index (κ2) is 18.7. The van der Waals surface area contributed by atoms with Crippen LogP contribution in [-0.2, 0) is 38.1 Å². The van der Waals surface area contributed by atoms with Crippen molar-refractivity contribution >= 4 is 23.9 Å². The van der Waals surface area contributed by atoms with E-state index in [2.05, 4.69) is 36.3 Å². The number of ether oxygens (including phenoxy) is 8. The maximum absolute atomic E-state index is 12.7. The molecule has 0 saturated carbocycles. The van der Waals surface area contributed by atoms with E-state index in [0.29, 0.717) is 16.7 Å². The van der Waals surface area contributed by atoms with Gasteiger partial charge in [0.05, 0.1) is 48.7 Å². The van der Waals surface area contributed by atoms with E-state index in [9.17, 15) is 19.2 Å². The Labute approximate surface area is 288 Å². The molecule has 0 aliphatic rings. The lowest BCUT2D eigenvalue weighted by Gasteiger charge is -2.14. The van der Waals surface area contributed by atoms with Crippen LogP contribution < -0.4 is 18.9 Å². The predicted octanol–water partition coefficient (Wildman–Crippen LogP) is 4.24. The predicted molar refractivity (Wildman–Crippen MR) is 180 cm³/mol. The molecule has 0 N–H and O–H groups in total. The highest BCUT2D eigenvalue weighted by atomic mass is 16.6. The van der Waals surface area contributed by atoms with Crippen LogP contribution in [0.15, 0.2) is 97.4 Å². The molecule has 0 aliphatic carbocycles. The highest BCUT2D eigenvalue weighted by Gasteiger charge is 2.21. The van der Waals surface area contributed by atoms with Crippen molar-refractivity contribution < 1.29 is 57.1 Å². The summed E-state index contributed by atoms with van der Waals surface area (Å²) in [7, 11) is 5.61. The van der Waals surface area contributed by atoms with Crippen LogP contribution in [0.1, 0.15) is 0 Å². The number of hydrogen-bond acceptors (Lipinski definition) is 14. The second-order valence-corrected chi connectivity index (χ2v) is 10.3. The molecule has 1 heterocycles. The number of carbonyl (C=O) groups excluding carboxylic acids is 4. The fourth-order valence-electron chi connectivity index (χ4n) is 3.94. The summed E-state index contributed by atoms with van der Waals surface area (Å²) >= 11 is 0. The van der Waals surface area contributed by atoms with Crippen LogP contribution in [0.5, 0.6) is 23.0 Å². The van der Waals surface area contributed by atoms with Gasteiger partial charge in [-0.1, -0.05) is 26.3 Å². The number of rotatable bonds is 18. The summed E-state index contributed by atoms with van der Waals surface area (Å²) in [6.45, 7) is 14.3. The third-order valence-electron chi connectivity index (χ3n) is 6.37. The minimum absolute atomic E-state index is 0.0120. The fraction of sp³-hybridized carbons (Fsp3) is 0.222. The van der Waals surface area contributed by atoms with Gasteiger partial charge in [-0.2, -0.15) is 0 Å². The number of methoxy groups -OCH3 is 4. The van der Waals surface area contributed by atoms with Crippen molar-refractivity contribution in [2.24, 2.45) is 0 Å². The minimum Gasteiger partial charge on any atom is -0.423 e. The summed E-state index contributed by atoms with van der Waals surface area (Å²) in [4.78, 5) is 59.2. The molecule has 0 spiro atoms. The summed E-state index contributed by atoms with van der Waals surface area (Å²) in [5.41, 5.74) is 1.34. The molecule has 14 heteroatoms. The second-order valence-electron chi connectivity index (χ2n) is 10.3. The van der Waals surface area contributed by atoms with Crippen LogP contribution in [0, 0.1) is 0 Å². The van der Waals surface area contributed by atoms with Crippen molar-refractivity contribution in [1.29, 1.82) is 0 Å². The SMILES string of the molecule is C=C(COC)C(=O)Oc1ccc(-c2cnc(-c3ccc(OC(=O)C(=C)COC)c(OC(=O)C(=C)COC)c3)nc2)c(OC(=O)C(=C)COC)c1. The first kappa shape index (κ1) is 38.6. The first-order valence-corrected chi connectivity index (χ1v) is 14.6. The van der Waals surface area contributed by atoms with Crippen molar-refractivity contribution in [2.75, 3.05) is 54.9 Å². The summed E-state index contributed by atoms with van der Waals surface area (Å²) in [6.07, 6.45) is 2.92. The first-order valence-electron chi connectivity index (χ1n) is 14.6. The Bertz CT molecular complexity index is 1800. The molecule has 0 radical (unpaired) electrons. The van der Waals surface area contributed by atoms with Crippen LogP contribution in [-0.4, -0.2) is 88.7 Å². The van der Waals surface area contributed by atoms with E-state index in [4.69, 9.17) is 37.9 Å². The van der Waals surface area contributed by atoms with E-state index in [-0.39, 0.29) is 77.5 Å². The minimum atomic E-state index is -0.819. The average Bonchev–Trinajstić information content (AvgIpc) is 3.09. The molecule has 14 nitrogen and oxygen atoms in total. The lowest BCUT2D eigenvalue weighted by molar-refractivity contribution is -0.133. The molecule has 3 rings (SSSR count). The maximum atomic E-state index is 12.7. The molecule has 1 aromatic heterocycles. The molecule has 0 bridgehead atoms. The van der Waals surface area contributed by atoms with Crippen LogP contribution in [0.2, 0.25) is 0 Å². The monoisotopic (exact) mass is 688 g/mol. The van der Waals surface area contributed by atoms with Crippen molar-refractivity contribution in [2.45, 2.75) is 0 Å². The van der Waals surface area contributed by atoms with E-state index >= 15 is 0 Å². The van der Waals surface area contributed by atoms with Crippen LogP contribution >= 0.6 is 0 Å². The molecule has 0 saturated heterocycles. The smallest absolute Gasteiger partial charge is 0.341 e. The van der Waals surface area contributed by atoms with Gasteiger partial charge in [-0.05, 0) is 30.3 Å². The van der Waals surface area contributed by atoms with Gasteiger partial charge < -0.3 is 37.9 Å². The zero-order valence-electron chi connectivity index (χ0n) is 28.1. The molecular weight excluding hydrogens is 652 g/mol. The highest BCUT2D eigenvalue weighted by molar-refractivity contribution is 5.93. The Morgan fingerprint density at radius 2 is 0.960 bits per heavy atom. The molecule has 0 fully saturated rings.